The highest BCUT2D eigenvalue weighted by Crippen LogP contribution is 2.43. The van der Waals surface area contributed by atoms with E-state index in [2.05, 4.69) is 33.4 Å². The third-order valence-electron chi connectivity index (χ3n) is 5.21. The molecule has 2 aromatic heterocycles. The molecule has 0 bridgehead atoms. The van der Waals surface area contributed by atoms with Gasteiger partial charge in [-0.1, -0.05) is 12.1 Å². The van der Waals surface area contributed by atoms with E-state index in [9.17, 15) is 4.79 Å². The maximum absolute atomic E-state index is 12.9. The molecule has 6 nitrogen and oxygen atoms in total. The van der Waals surface area contributed by atoms with E-state index in [0.717, 1.165) is 43.3 Å². The summed E-state index contributed by atoms with van der Waals surface area (Å²) in [6.07, 6.45) is 3.24. The molecule has 2 fully saturated rings. The smallest absolute Gasteiger partial charge is 0.264 e. The van der Waals surface area contributed by atoms with Gasteiger partial charge >= 0.3 is 0 Å². The van der Waals surface area contributed by atoms with Gasteiger partial charge in [0.15, 0.2) is 5.82 Å². The molecule has 3 heterocycles. The van der Waals surface area contributed by atoms with Gasteiger partial charge in [-0.2, -0.15) is 4.98 Å². The number of amides is 1. The molecular formula is C18H24N4O2S. The van der Waals surface area contributed by atoms with E-state index >= 15 is 0 Å². The van der Waals surface area contributed by atoms with Crippen LogP contribution in [-0.4, -0.2) is 52.0 Å². The van der Waals surface area contributed by atoms with Crippen molar-refractivity contribution in [1.29, 1.82) is 0 Å². The largest absolute Gasteiger partial charge is 0.338 e. The molecule has 1 amide bonds. The first-order valence-electron chi connectivity index (χ1n) is 9.10. The maximum Gasteiger partial charge on any atom is 0.264 e. The molecule has 7 heteroatoms. The van der Waals surface area contributed by atoms with Crippen LogP contribution < -0.4 is 0 Å². The Hall–Kier alpha value is -1.73. The Morgan fingerprint density at radius 3 is 2.76 bits per heavy atom. The Balaban J connectivity index is 1.37. The number of hydrogen-bond acceptors (Lipinski definition) is 6. The van der Waals surface area contributed by atoms with Crippen molar-refractivity contribution in [2.24, 2.45) is 0 Å². The van der Waals surface area contributed by atoms with E-state index in [4.69, 9.17) is 4.52 Å². The topological polar surface area (TPSA) is 62.5 Å². The van der Waals surface area contributed by atoms with Crippen LogP contribution >= 0.6 is 11.3 Å². The number of aromatic nitrogens is 2. The third-order valence-corrected chi connectivity index (χ3v) is 6.13. The van der Waals surface area contributed by atoms with Gasteiger partial charge < -0.3 is 9.42 Å². The fraction of sp³-hybridized carbons (Fsp3) is 0.611. The van der Waals surface area contributed by atoms with Crippen molar-refractivity contribution in [3.63, 3.8) is 0 Å². The van der Waals surface area contributed by atoms with Crippen molar-refractivity contribution in [3.05, 3.63) is 33.6 Å². The summed E-state index contributed by atoms with van der Waals surface area (Å²) in [7, 11) is 0. The molecular weight excluding hydrogens is 336 g/mol. The van der Waals surface area contributed by atoms with Gasteiger partial charge in [0.2, 0.25) is 5.89 Å². The normalized spacial score (nSPS) is 20.0. The van der Waals surface area contributed by atoms with Gasteiger partial charge in [-0.3, -0.25) is 9.69 Å². The molecule has 0 spiro atoms. The molecule has 1 saturated carbocycles. The van der Waals surface area contributed by atoms with Crippen LogP contribution in [0.4, 0.5) is 0 Å². The van der Waals surface area contributed by atoms with Crippen LogP contribution in [0.3, 0.4) is 0 Å². The number of nitrogens with zero attached hydrogens (tertiary/aromatic N) is 4. The Morgan fingerprint density at radius 2 is 2.12 bits per heavy atom. The van der Waals surface area contributed by atoms with Gasteiger partial charge in [0.1, 0.15) is 0 Å². The molecule has 4 rings (SSSR count). The van der Waals surface area contributed by atoms with E-state index in [1.165, 1.54) is 18.4 Å². The van der Waals surface area contributed by atoms with Crippen molar-refractivity contribution in [3.8, 4) is 0 Å². The van der Waals surface area contributed by atoms with Crippen LogP contribution in [0.25, 0.3) is 0 Å². The number of rotatable bonds is 5. The molecule has 1 atom stereocenters. The first-order valence-corrected chi connectivity index (χ1v) is 9.98. The van der Waals surface area contributed by atoms with Gasteiger partial charge in [-0.25, -0.2) is 0 Å². The number of carbonyl (C=O) groups excluding carboxylic acids is 1. The molecule has 1 saturated heterocycles. The lowest BCUT2D eigenvalue weighted by molar-refractivity contribution is 0.0555. The molecule has 0 N–H and O–H groups in total. The Labute approximate surface area is 151 Å². The first-order chi connectivity index (χ1) is 12.2. The van der Waals surface area contributed by atoms with Gasteiger partial charge in [-0.05, 0) is 42.7 Å². The summed E-state index contributed by atoms with van der Waals surface area (Å²) in [5.41, 5.74) is 1.27. The van der Waals surface area contributed by atoms with Crippen LogP contribution in [0, 0.1) is 0 Å². The molecule has 1 aliphatic heterocycles. The summed E-state index contributed by atoms with van der Waals surface area (Å²) in [6, 6.07) is 2.23. The van der Waals surface area contributed by atoms with Crippen LogP contribution in [0.15, 0.2) is 16.0 Å². The number of carbonyl (C=O) groups is 1. The highest BCUT2D eigenvalue weighted by molar-refractivity contribution is 7.12. The number of hydrogen-bond donors (Lipinski definition) is 0. The van der Waals surface area contributed by atoms with E-state index in [1.54, 1.807) is 11.3 Å². The van der Waals surface area contributed by atoms with Gasteiger partial charge in [0.05, 0.1) is 10.9 Å². The minimum atomic E-state index is 0.0915. The molecule has 1 aliphatic carbocycles. The van der Waals surface area contributed by atoms with Crippen LogP contribution in [0.1, 0.15) is 65.6 Å². The lowest BCUT2D eigenvalue weighted by atomic mass is 10.1. The van der Waals surface area contributed by atoms with E-state index in [1.807, 2.05) is 11.8 Å². The summed E-state index contributed by atoms with van der Waals surface area (Å²) in [5, 5.41) is 6.04. The van der Waals surface area contributed by atoms with Crippen LogP contribution in [0.5, 0.6) is 0 Å². The summed E-state index contributed by atoms with van der Waals surface area (Å²) in [6.45, 7) is 7.28. The molecule has 0 aromatic carbocycles. The van der Waals surface area contributed by atoms with Gasteiger partial charge in [0.25, 0.3) is 5.91 Å². The summed E-state index contributed by atoms with van der Waals surface area (Å²) < 4.78 is 5.37. The predicted octanol–water partition coefficient (Wildman–Crippen LogP) is 3.09. The van der Waals surface area contributed by atoms with Crippen molar-refractivity contribution < 1.29 is 9.32 Å². The number of aryl methyl sites for hydroxylation is 1. The molecule has 2 aliphatic rings. The van der Waals surface area contributed by atoms with Gasteiger partial charge in [0, 0.05) is 32.6 Å². The molecule has 1 unspecified atom stereocenters. The van der Waals surface area contributed by atoms with Crippen molar-refractivity contribution in [2.75, 3.05) is 26.2 Å². The second kappa shape index (κ2) is 6.88. The SMILES string of the molecule is CCc1noc(C(C)N2CCN(C(=O)c3sccc3C3CC3)CC2)n1. The zero-order valence-electron chi connectivity index (χ0n) is 14.8. The van der Waals surface area contributed by atoms with Gasteiger partial charge in [-0.15, -0.1) is 11.3 Å². The second-order valence-corrected chi connectivity index (χ2v) is 7.80. The van der Waals surface area contributed by atoms with Crippen LogP contribution in [0.2, 0.25) is 0 Å². The van der Waals surface area contributed by atoms with Crippen molar-refractivity contribution in [1.82, 2.24) is 19.9 Å². The zero-order valence-corrected chi connectivity index (χ0v) is 15.6. The van der Waals surface area contributed by atoms with Crippen molar-refractivity contribution >= 4 is 17.2 Å². The standard InChI is InChI=1S/C18H24N4O2S/c1-3-15-19-17(24-20-15)12(2)21-7-9-22(10-8-21)18(23)16-14(6-11-25-16)13-4-5-13/h6,11-13H,3-5,7-10H2,1-2H3. The fourth-order valence-electron chi connectivity index (χ4n) is 3.40. The highest BCUT2D eigenvalue weighted by Gasteiger charge is 2.32. The fourth-order valence-corrected chi connectivity index (χ4v) is 4.35. The maximum atomic E-state index is 12.9. The van der Waals surface area contributed by atoms with Crippen molar-refractivity contribution in [2.45, 2.75) is 45.1 Å². The number of piperazine rings is 1. The van der Waals surface area contributed by atoms with E-state index in [-0.39, 0.29) is 11.9 Å². The lowest BCUT2D eigenvalue weighted by Crippen LogP contribution is -2.49. The lowest BCUT2D eigenvalue weighted by Gasteiger charge is -2.36. The minimum absolute atomic E-state index is 0.0915. The quantitative estimate of drug-likeness (QED) is 0.820. The highest BCUT2D eigenvalue weighted by atomic mass is 32.1. The Bertz CT molecular complexity index is 744. The Kier molecular flexibility index (Phi) is 4.60. The van der Waals surface area contributed by atoms with Crippen LogP contribution in [-0.2, 0) is 6.42 Å². The average molecular weight is 360 g/mol. The monoisotopic (exact) mass is 360 g/mol. The van der Waals surface area contributed by atoms with E-state index in [0.29, 0.717) is 11.8 Å². The minimum Gasteiger partial charge on any atom is -0.338 e. The number of thiophene rings is 1. The average Bonchev–Trinajstić information content (AvgIpc) is 3.19. The van der Waals surface area contributed by atoms with E-state index < -0.39 is 0 Å². The first kappa shape index (κ1) is 16.7. The summed E-state index contributed by atoms with van der Waals surface area (Å²) >= 11 is 1.59. The predicted molar refractivity (Wildman–Crippen MR) is 95.9 cm³/mol. The zero-order chi connectivity index (χ0) is 17.4. The Morgan fingerprint density at radius 1 is 1.36 bits per heavy atom. The summed E-state index contributed by atoms with van der Waals surface area (Å²) in [4.78, 5) is 22.6. The summed E-state index contributed by atoms with van der Waals surface area (Å²) in [5.74, 6) is 2.25. The third kappa shape index (κ3) is 3.35. The molecule has 2 aromatic rings. The molecule has 25 heavy (non-hydrogen) atoms. The second-order valence-electron chi connectivity index (χ2n) is 6.89. The molecule has 0 radical (unpaired) electrons. The molecule has 134 valence electrons.